The maximum atomic E-state index is 6.13. The molecular formula is C24H34N4O. The molecule has 1 aliphatic heterocycles. The van der Waals surface area contributed by atoms with Crippen molar-refractivity contribution in [3.8, 4) is 5.75 Å². The standard InChI is InChI=1S/C24H34N4O/c1-4-25-24(26-18-20-10-8-9-11-21(20)19-27(2)3)28-16-14-23(15-17-28)29-22-12-6-5-7-13-22/h5-13,23H,4,14-19H2,1-3H3,(H,25,26). The van der Waals surface area contributed by atoms with Crippen LogP contribution in [-0.4, -0.2) is 55.6 Å². The molecule has 0 amide bonds. The van der Waals surface area contributed by atoms with Gasteiger partial charge in [-0.15, -0.1) is 0 Å². The minimum absolute atomic E-state index is 0.275. The number of rotatable bonds is 7. The Balaban J connectivity index is 1.60. The largest absolute Gasteiger partial charge is 0.490 e. The van der Waals surface area contributed by atoms with Crippen molar-refractivity contribution < 1.29 is 4.74 Å². The molecule has 0 atom stereocenters. The van der Waals surface area contributed by atoms with Gasteiger partial charge in [-0.25, -0.2) is 4.99 Å². The zero-order valence-electron chi connectivity index (χ0n) is 18.0. The van der Waals surface area contributed by atoms with E-state index in [9.17, 15) is 0 Å². The summed E-state index contributed by atoms with van der Waals surface area (Å²) in [5.41, 5.74) is 2.63. The topological polar surface area (TPSA) is 40.1 Å². The van der Waals surface area contributed by atoms with E-state index in [-0.39, 0.29) is 6.10 Å². The second-order valence-corrected chi connectivity index (χ2v) is 7.79. The fourth-order valence-electron chi connectivity index (χ4n) is 3.67. The molecule has 5 heteroatoms. The van der Waals surface area contributed by atoms with Crippen LogP contribution in [-0.2, 0) is 13.1 Å². The number of guanidine groups is 1. The monoisotopic (exact) mass is 394 g/mol. The van der Waals surface area contributed by atoms with Gasteiger partial charge in [-0.3, -0.25) is 0 Å². The van der Waals surface area contributed by atoms with Crippen LogP contribution in [0.2, 0.25) is 0 Å². The quantitative estimate of drug-likeness (QED) is 0.573. The zero-order valence-corrected chi connectivity index (χ0v) is 18.0. The Morgan fingerprint density at radius 2 is 1.69 bits per heavy atom. The maximum Gasteiger partial charge on any atom is 0.194 e. The molecule has 1 fully saturated rings. The van der Waals surface area contributed by atoms with Crippen molar-refractivity contribution in [3.05, 3.63) is 65.7 Å². The van der Waals surface area contributed by atoms with Gasteiger partial charge in [0.1, 0.15) is 11.9 Å². The summed E-state index contributed by atoms with van der Waals surface area (Å²) in [5, 5.41) is 3.47. The molecule has 0 aromatic heterocycles. The number of hydrogen-bond donors (Lipinski definition) is 1. The molecule has 2 aromatic rings. The van der Waals surface area contributed by atoms with E-state index >= 15 is 0 Å². The van der Waals surface area contributed by atoms with Gasteiger partial charge >= 0.3 is 0 Å². The summed E-state index contributed by atoms with van der Waals surface area (Å²) < 4.78 is 6.13. The summed E-state index contributed by atoms with van der Waals surface area (Å²) in [6.45, 7) is 6.56. The van der Waals surface area contributed by atoms with E-state index in [2.05, 4.69) is 60.4 Å². The average Bonchev–Trinajstić information content (AvgIpc) is 2.73. The van der Waals surface area contributed by atoms with Crippen molar-refractivity contribution in [2.24, 2.45) is 4.99 Å². The van der Waals surface area contributed by atoms with Crippen LogP contribution in [0, 0.1) is 0 Å². The number of benzene rings is 2. The van der Waals surface area contributed by atoms with Gasteiger partial charge in [0.2, 0.25) is 0 Å². The molecule has 2 aromatic carbocycles. The van der Waals surface area contributed by atoms with Crippen LogP contribution in [0.4, 0.5) is 0 Å². The first-order chi connectivity index (χ1) is 14.2. The third-order valence-corrected chi connectivity index (χ3v) is 5.13. The second-order valence-electron chi connectivity index (χ2n) is 7.79. The molecule has 5 nitrogen and oxygen atoms in total. The molecule has 0 radical (unpaired) electrons. The van der Waals surface area contributed by atoms with Crippen LogP contribution < -0.4 is 10.1 Å². The van der Waals surface area contributed by atoms with E-state index in [0.29, 0.717) is 6.54 Å². The lowest BCUT2D eigenvalue weighted by molar-refractivity contribution is 0.129. The first-order valence-electron chi connectivity index (χ1n) is 10.6. The van der Waals surface area contributed by atoms with Crippen LogP contribution in [0.15, 0.2) is 59.6 Å². The zero-order chi connectivity index (χ0) is 20.5. The highest BCUT2D eigenvalue weighted by Crippen LogP contribution is 2.19. The molecule has 1 N–H and O–H groups in total. The van der Waals surface area contributed by atoms with Gasteiger partial charge in [-0.1, -0.05) is 42.5 Å². The van der Waals surface area contributed by atoms with Crippen molar-refractivity contribution in [1.82, 2.24) is 15.1 Å². The van der Waals surface area contributed by atoms with Gasteiger partial charge in [0, 0.05) is 39.0 Å². The first kappa shape index (κ1) is 21.2. The summed E-state index contributed by atoms with van der Waals surface area (Å²) in [6.07, 6.45) is 2.30. The van der Waals surface area contributed by atoms with E-state index in [1.54, 1.807) is 0 Å². The number of ether oxygens (including phenoxy) is 1. The molecule has 1 aliphatic rings. The number of piperidine rings is 1. The van der Waals surface area contributed by atoms with E-state index in [1.165, 1.54) is 11.1 Å². The van der Waals surface area contributed by atoms with Crippen molar-refractivity contribution in [3.63, 3.8) is 0 Å². The van der Waals surface area contributed by atoms with Gasteiger partial charge in [0.15, 0.2) is 5.96 Å². The van der Waals surface area contributed by atoms with Gasteiger partial charge in [0.25, 0.3) is 0 Å². The molecule has 29 heavy (non-hydrogen) atoms. The van der Waals surface area contributed by atoms with Crippen molar-refractivity contribution >= 4 is 5.96 Å². The van der Waals surface area contributed by atoms with E-state index in [1.807, 2.05) is 30.3 Å². The van der Waals surface area contributed by atoms with E-state index in [0.717, 1.165) is 50.7 Å². The Bertz CT molecular complexity index is 767. The lowest BCUT2D eigenvalue weighted by atomic mass is 10.1. The Kier molecular flexibility index (Phi) is 7.94. The average molecular weight is 395 g/mol. The number of likely N-dealkylation sites (tertiary alicyclic amines) is 1. The molecule has 0 aliphatic carbocycles. The number of hydrogen-bond acceptors (Lipinski definition) is 3. The van der Waals surface area contributed by atoms with Crippen molar-refractivity contribution in [2.75, 3.05) is 33.7 Å². The molecule has 0 unspecified atom stereocenters. The summed E-state index contributed by atoms with van der Waals surface area (Å²) in [7, 11) is 4.21. The van der Waals surface area contributed by atoms with Crippen LogP contribution in [0.5, 0.6) is 5.75 Å². The molecule has 1 heterocycles. The molecule has 0 bridgehead atoms. The van der Waals surface area contributed by atoms with Crippen LogP contribution >= 0.6 is 0 Å². The predicted molar refractivity (Wildman–Crippen MR) is 120 cm³/mol. The highest BCUT2D eigenvalue weighted by Gasteiger charge is 2.22. The maximum absolute atomic E-state index is 6.13. The lowest BCUT2D eigenvalue weighted by Gasteiger charge is -2.34. The smallest absolute Gasteiger partial charge is 0.194 e. The highest BCUT2D eigenvalue weighted by atomic mass is 16.5. The van der Waals surface area contributed by atoms with Crippen LogP contribution in [0.25, 0.3) is 0 Å². The van der Waals surface area contributed by atoms with Gasteiger partial charge in [0.05, 0.1) is 6.54 Å². The summed E-state index contributed by atoms with van der Waals surface area (Å²) in [6, 6.07) is 18.7. The third-order valence-electron chi connectivity index (χ3n) is 5.13. The van der Waals surface area contributed by atoms with Gasteiger partial charge < -0.3 is 19.9 Å². The lowest BCUT2D eigenvalue weighted by Crippen LogP contribution is -2.47. The van der Waals surface area contributed by atoms with E-state index < -0.39 is 0 Å². The minimum Gasteiger partial charge on any atom is -0.490 e. The van der Waals surface area contributed by atoms with Gasteiger partial charge in [-0.2, -0.15) is 0 Å². The second kappa shape index (κ2) is 10.9. The highest BCUT2D eigenvalue weighted by molar-refractivity contribution is 5.80. The van der Waals surface area contributed by atoms with Gasteiger partial charge in [-0.05, 0) is 44.3 Å². The number of nitrogens with one attached hydrogen (secondary N) is 1. The Labute approximate surface area is 175 Å². The molecule has 156 valence electrons. The van der Waals surface area contributed by atoms with Crippen LogP contribution in [0.1, 0.15) is 30.9 Å². The summed E-state index contributed by atoms with van der Waals surface area (Å²) in [5.74, 6) is 1.97. The summed E-state index contributed by atoms with van der Waals surface area (Å²) >= 11 is 0. The fraction of sp³-hybridized carbons (Fsp3) is 0.458. The summed E-state index contributed by atoms with van der Waals surface area (Å²) in [4.78, 5) is 9.52. The predicted octanol–water partition coefficient (Wildman–Crippen LogP) is 3.76. The fourth-order valence-corrected chi connectivity index (χ4v) is 3.67. The van der Waals surface area contributed by atoms with Crippen LogP contribution in [0.3, 0.4) is 0 Å². The molecule has 3 rings (SSSR count). The molecule has 0 spiro atoms. The Morgan fingerprint density at radius 3 is 2.34 bits per heavy atom. The van der Waals surface area contributed by atoms with Crippen molar-refractivity contribution in [1.29, 1.82) is 0 Å². The third kappa shape index (κ3) is 6.50. The van der Waals surface area contributed by atoms with E-state index in [4.69, 9.17) is 9.73 Å². The Hall–Kier alpha value is -2.53. The number of nitrogens with zero attached hydrogens (tertiary/aromatic N) is 3. The number of para-hydroxylation sites is 1. The SMILES string of the molecule is CCNC(=NCc1ccccc1CN(C)C)N1CCC(Oc2ccccc2)CC1. The Morgan fingerprint density at radius 1 is 1.03 bits per heavy atom. The van der Waals surface area contributed by atoms with Crippen molar-refractivity contribution in [2.45, 2.75) is 39.0 Å². The molecular weight excluding hydrogens is 360 g/mol. The normalized spacial score (nSPS) is 15.6. The number of aliphatic imine (C=N–C) groups is 1. The minimum atomic E-state index is 0.275. The first-order valence-corrected chi connectivity index (χ1v) is 10.6. The molecule has 0 saturated carbocycles. The molecule has 1 saturated heterocycles.